The average molecular weight is 414 g/mol. The summed E-state index contributed by atoms with van der Waals surface area (Å²) in [6.07, 6.45) is 1.58. The molecule has 2 aromatic rings. The van der Waals surface area contributed by atoms with Crippen LogP contribution in [0.15, 0.2) is 47.4 Å². The topological polar surface area (TPSA) is 103 Å². The van der Waals surface area contributed by atoms with Crippen molar-refractivity contribution in [3.63, 3.8) is 0 Å². The highest BCUT2D eigenvalue weighted by atomic mass is 32.2. The second-order valence-corrected chi connectivity index (χ2v) is 6.84. The van der Waals surface area contributed by atoms with Gasteiger partial charge in [0.2, 0.25) is 0 Å². The molecule has 1 aliphatic heterocycles. The average Bonchev–Trinajstić information content (AvgIpc) is 3.04. The summed E-state index contributed by atoms with van der Waals surface area (Å²) < 4.78 is 15.9. The van der Waals surface area contributed by atoms with Gasteiger partial charge in [-0.2, -0.15) is 0 Å². The number of benzene rings is 2. The first-order chi connectivity index (χ1) is 14.0. The van der Waals surface area contributed by atoms with Crippen molar-refractivity contribution in [2.75, 3.05) is 26.1 Å². The molecule has 2 aromatic carbocycles. The van der Waals surface area contributed by atoms with Crippen LogP contribution in [0, 0.1) is 0 Å². The normalized spacial score (nSPS) is 14.5. The number of nitrogens with one attached hydrogen (secondary N) is 2. The zero-order valence-electron chi connectivity index (χ0n) is 15.7. The summed E-state index contributed by atoms with van der Waals surface area (Å²) in [4.78, 5) is 35.3. The van der Waals surface area contributed by atoms with E-state index in [2.05, 4.69) is 10.6 Å². The van der Waals surface area contributed by atoms with Crippen molar-refractivity contribution in [3.8, 4) is 17.2 Å². The Kier molecular flexibility index (Phi) is 6.40. The summed E-state index contributed by atoms with van der Waals surface area (Å²) in [5.74, 6) is 0.692. The van der Waals surface area contributed by atoms with Crippen LogP contribution >= 0.6 is 11.8 Å². The van der Waals surface area contributed by atoms with Gasteiger partial charge in [0.15, 0.2) is 18.1 Å². The molecule has 2 N–H and O–H groups in total. The molecule has 150 valence electrons. The Morgan fingerprint density at radius 2 is 1.83 bits per heavy atom. The van der Waals surface area contributed by atoms with Gasteiger partial charge in [0.1, 0.15) is 5.75 Å². The minimum absolute atomic E-state index is 0.213. The lowest BCUT2D eigenvalue weighted by atomic mass is 10.2. The molecule has 1 fully saturated rings. The minimum Gasteiger partial charge on any atom is -0.497 e. The Balaban J connectivity index is 1.63. The molecule has 3 amide bonds. The van der Waals surface area contributed by atoms with Gasteiger partial charge < -0.3 is 19.5 Å². The molecule has 0 bridgehead atoms. The predicted molar refractivity (Wildman–Crippen MR) is 109 cm³/mol. The zero-order valence-corrected chi connectivity index (χ0v) is 16.5. The van der Waals surface area contributed by atoms with Crippen LogP contribution in [0.4, 0.5) is 10.5 Å². The van der Waals surface area contributed by atoms with Gasteiger partial charge >= 0.3 is 0 Å². The minimum atomic E-state index is -0.436. The lowest BCUT2D eigenvalue weighted by Gasteiger charge is -2.12. The molecular formula is C20H18N2O6S. The first kappa shape index (κ1) is 20.3. The number of ether oxygens (including phenoxy) is 3. The van der Waals surface area contributed by atoms with Crippen molar-refractivity contribution < 1.29 is 28.6 Å². The van der Waals surface area contributed by atoms with Gasteiger partial charge in [-0.25, -0.2) is 0 Å². The summed E-state index contributed by atoms with van der Waals surface area (Å²) in [6, 6.07) is 11.9. The zero-order chi connectivity index (χ0) is 20.8. The fraction of sp³-hybridized carbons (Fsp3) is 0.150. The lowest BCUT2D eigenvalue weighted by molar-refractivity contribution is -0.118. The smallest absolute Gasteiger partial charge is 0.290 e. The van der Waals surface area contributed by atoms with Crippen LogP contribution in [0.2, 0.25) is 0 Å². The van der Waals surface area contributed by atoms with Gasteiger partial charge in [0.05, 0.1) is 19.1 Å². The Hall–Kier alpha value is -3.46. The number of carbonyl (C=O) groups is 3. The molecule has 8 nitrogen and oxygen atoms in total. The van der Waals surface area contributed by atoms with E-state index in [0.717, 1.165) is 11.8 Å². The third kappa shape index (κ3) is 5.29. The molecule has 1 aliphatic rings. The molecule has 0 aliphatic carbocycles. The lowest BCUT2D eigenvalue weighted by Crippen LogP contribution is -2.20. The Labute approximate surface area is 171 Å². The highest BCUT2D eigenvalue weighted by Crippen LogP contribution is 2.31. The first-order valence-corrected chi connectivity index (χ1v) is 9.29. The molecule has 3 rings (SSSR count). The fourth-order valence-corrected chi connectivity index (χ4v) is 3.16. The number of methoxy groups -OCH3 is 2. The summed E-state index contributed by atoms with van der Waals surface area (Å²) in [6.45, 7) is -0.213. The second-order valence-electron chi connectivity index (χ2n) is 5.83. The Morgan fingerprint density at radius 3 is 2.45 bits per heavy atom. The molecule has 9 heteroatoms. The molecule has 0 spiro atoms. The number of imide groups is 1. The van der Waals surface area contributed by atoms with E-state index >= 15 is 0 Å². The van der Waals surface area contributed by atoms with E-state index in [1.807, 2.05) is 0 Å². The van der Waals surface area contributed by atoms with Crippen molar-refractivity contribution in [3.05, 3.63) is 52.9 Å². The van der Waals surface area contributed by atoms with Crippen molar-refractivity contribution >= 4 is 40.6 Å². The number of hydrogen-bond acceptors (Lipinski definition) is 7. The van der Waals surface area contributed by atoms with E-state index < -0.39 is 11.1 Å². The number of thioether (sulfide) groups is 1. The van der Waals surface area contributed by atoms with Crippen LogP contribution in [-0.2, 0) is 9.59 Å². The Bertz CT molecular complexity index is 971. The summed E-state index contributed by atoms with van der Waals surface area (Å²) in [5, 5.41) is 4.51. The molecule has 1 saturated heterocycles. The summed E-state index contributed by atoms with van der Waals surface area (Å²) >= 11 is 0.832. The summed E-state index contributed by atoms with van der Waals surface area (Å²) in [5.41, 5.74) is 1.28. The molecule has 29 heavy (non-hydrogen) atoms. The van der Waals surface area contributed by atoms with Crippen molar-refractivity contribution in [1.82, 2.24) is 5.32 Å². The van der Waals surface area contributed by atoms with Gasteiger partial charge in [0.25, 0.3) is 17.1 Å². The van der Waals surface area contributed by atoms with E-state index in [9.17, 15) is 14.4 Å². The van der Waals surface area contributed by atoms with E-state index in [4.69, 9.17) is 14.2 Å². The molecule has 0 radical (unpaired) electrons. The molecule has 0 atom stereocenters. The third-order valence-electron chi connectivity index (χ3n) is 3.86. The van der Waals surface area contributed by atoms with Crippen LogP contribution < -0.4 is 24.8 Å². The van der Waals surface area contributed by atoms with E-state index in [-0.39, 0.29) is 12.5 Å². The van der Waals surface area contributed by atoms with Crippen LogP contribution in [0.5, 0.6) is 17.2 Å². The fourth-order valence-electron chi connectivity index (χ4n) is 2.48. The third-order valence-corrected chi connectivity index (χ3v) is 4.67. The van der Waals surface area contributed by atoms with Crippen molar-refractivity contribution in [2.24, 2.45) is 0 Å². The van der Waals surface area contributed by atoms with Crippen LogP contribution in [0.25, 0.3) is 6.08 Å². The quantitative estimate of drug-likeness (QED) is 0.671. The van der Waals surface area contributed by atoms with Gasteiger partial charge in [0, 0.05) is 5.69 Å². The second kappa shape index (κ2) is 9.16. The highest BCUT2D eigenvalue weighted by molar-refractivity contribution is 8.18. The molecule has 0 aromatic heterocycles. The van der Waals surface area contributed by atoms with Crippen LogP contribution in [0.3, 0.4) is 0 Å². The maximum Gasteiger partial charge on any atom is 0.290 e. The van der Waals surface area contributed by atoms with Gasteiger partial charge in [-0.3, -0.25) is 19.7 Å². The molecule has 0 unspecified atom stereocenters. The van der Waals surface area contributed by atoms with Gasteiger partial charge in [-0.15, -0.1) is 0 Å². The van der Waals surface area contributed by atoms with E-state index in [1.165, 1.54) is 7.11 Å². The van der Waals surface area contributed by atoms with Crippen LogP contribution in [-0.4, -0.2) is 37.9 Å². The number of amides is 3. The highest BCUT2D eigenvalue weighted by Gasteiger charge is 2.25. The number of anilines is 1. The first-order valence-electron chi connectivity index (χ1n) is 8.48. The van der Waals surface area contributed by atoms with Crippen molar-refractivity contribution in [1.29, 1.82) is 0 Å². The van der Waals surface area contributed by atoms with Crippen LogP contribution in [0.1, 0.15) is 5.56 Å². The predicted octanol–water partition coefficient (Wildman–Crippen LogP) is 3.05. The Morgan fingerprint density at radius 1 is 1.07 bits per heavy atom. The SMILES string of the molecule is COc1ccc(NC(=O)COc2ccc(/C=C3/SC(=O)NC3=O)cc2OC)cc1. The number of rotatable bonds is 7. The van der Waals surface area contributed by atoms with Gasteiger partial charge in [-0.1, -0.05) is 6.07 Å². The molecule has 0 saturated carbocycles. The van der Waals surface area contributed by atoms with Crippen molar-refractivity contribution in [2.45, 2.75) is 0 Å². The maximum absolute atomic E-state index is 12.1. The van der Waals surface area contributed by atoms with E-state index in [0.29, 0.717) is 33.4 Å². The number of carbonyl (C=O) groups excluding carboxylic acids is 3. The largest absolute Gasteiger partial charge is 0.497 e. The monoisotopic (exact) mass is 414 g/mol. The van der Waals surface area contributed by atoms with Gasteiger partial charge in [-0.05, 0) is 59.8 Å². The maximum atomic E-state index is 12.1. The molecular weight excluding hydrogens is 396 g/mol. The number of hydrogen-bond donors (Lipinski definition) is 2. The molecule has 1 heterocycles. The standard InChI is InChI=1S/C20H18N2O6S/c1-26-14-6-4-13(5-7-14)21-18(23)11-28-15-8-3-12(9-16(15)27-2)10-17-19(24)22-20(25)29-17/h3-10H,11H2,1-2H3,(H,21,23)(H,22,24,25)/b17-10+. The summed E-state index contributed by atoms with van der Waals surface area (Å²) in [7, 11) is 3.04. The van der Waals surface area contributed by atoms with E-state index in [1.54, 1.807) is 55.7 Å².